The highest BCUT2D eigenvalue weighted by Gasteiger charge is 2.05. The second-order valence-corrected chi connectivity index (χ2v) is 4.64. The SMILES string of the molecule is C=CC(=O)Nc1ccc2c(c1)ncn2CCN(C)C. The van der Waals surface area contributed by atoms with Crippen molar-refractivity contribution in [2.75, 3.05) is 26.0 Å². The summed E-state index contributed by atoms with van der Waals surface area (Å²) in [6.07, 6.45) is 3.08. The number of carbonyl (C=O) groups excluding carboxylic acids is 1. The summed E-state index contributed by atoms with van der Waals surface area (Å²) in [5.74, 6) is -0.216. The van der Waals surface area contributed by atoms with Gasteiger partial charge in [-0.1, -0.05) is 6.58 Å². The molecule has 0 spiro atoms. The number of rotatable bonds is 5. The van der Waals surface area contributed by atoms with Crippen molar-refractivity contribution in [3.05, 3.63) is 37.2 Å². The molecule has 19 heavy (non-hydrogen) atoms. The lowest BCUT2D eigenvalue weighted by molar-refractivity contribution is -0.111. The Bertz CT molecular complexity index is 601. The van der Waals surface area contributed by atoms with Crippen LogP contribution in [0.5, 0.6) is 0 Å². The lowest BCUT2D eigenvalue weighted by Gasteiger charge is -2.10. The van der Waals surface area contributed by atoms with Gasteiger partial charge in [0.25, 0.3) is 0 Å². The summed E-state index contributed by atoms with van der Waals surface area (Å²) in [5.41, 5.74) is 2.68. The fourth-order valence-corrected chi connectivity index (χ4v) is 1.82. The summed E-state index contributed by atoms with van der Waals surface area (Å²) in [6, 6.07) is 5.71. The Balaban J connectivity index is 2.21. The van der Waals surface area contributed by atoms with Crippen molar-refractivity contribution in [3.63, 3.8) is 0 Å². The summed E-state index contributed by atoms with van der Waals surface area (Å²) < 4.78 is 2.11. The minimum absolute atomic E-state index is 0.216. The van der Waals surface area contributed by atoms with Gasteiger partial charge in [-0.15, -0.1) is 0 Å². The molecule has 1 heterocycles. The predicted octanol–water partition coefficient (Wildman–Crippen LogP) is 1.72. The molecule has 5 nitrogen and oxygen atoms in total. The molecule has 1 aromatic heterocycles. The molecule has 0 unspecified atom stereocenters. The molecular weight excluding hydrogens is 240 g/mol. The average molecular weight is 258 g/mol. The molecule has 2 rings (SSSR count). The predicted molar refractivity (Wildman–Crippen MR) is 77.1 cm³/mol. The number of nitrogens with zero attached hydrogens (tertiary/aromatic N) is 3. The standard InChI is InChI=1S/C14H18N4O/c1-4-14(19)16-11-5-6-13-12(9-11)15-10-18(13)8-7-17(2)3/h4-6,9-10H,1,7-8H2,2-3H3,(H,16,19). The fraction of sp³-hybridized carbons (Fsp3) is 0.286. The van der Waals surface area contributed by atoms with Crippen molar-refractivity contribution in [2.24, 2.45) is 0 Å². The third kappa shape index (κ3) is 3.20. The maximum Gasteiger partial charge on any atom is 0.247 e. The molecule has 1 aromatic carbocycles. The van der Waals surface area contributed by atoms with Crippen LogP contribution in [0.3, 0.4) is 0 Å². The molecule has 0 aliphatic rings. The van der Waals surface area contributed by atoms with E-state index in [-0.39, 0.29) is 5.91 Å². The van der Waals surface area contributed by atoms with Crippen LogP contribution in [-0.2, 0) is 11.3 Å². The summed E-state index contributed by atoms with van der Waals surface area (Å²) in [4.78, 5) is 17.7. The van der Waals surface area contributed by atoms with Crippen LogP contribution in [0.15, 0.2) is 37.2 Å². The number of carbonyl (C=O) groups is 1. The van der Waals surface area contributed by atoms with E-state index in [0.717, 1.165) is 29.8 Å². The molecule has 0 saturated heterocycles. The highest BCUT2D eigenvalue weighted by atomic mass is 16.1. The van der Waals surface area contributed by atoms with Gasteiger partial charge in [-0.3, -0.25) is 4.79 Å². The summed E-state index contributed by atoms with van der Waals surface area (Å²) >= 11 is 0. The van der Waals surface area contributed by atoms with Gasteiger partial charge in [0.2, 0.25) is 5.91 Å². The van der Waals surface area contributed by atoms with E-state index in [1.165, 1.54) is 6.08 Å². The van der Waals surface area contributed by atoms with Crippen molar-refractivity contribution in [2.45, 2.75) is 6.54 Å². The number of amides is 1. The Morgan fingerprint density at radius 3 is 3.00 bits per heavy atom. The number of hydrogen-bond donors (Lipinski definition) is 1. The molecule has 2 aromatic rings. The van der Waals surface area contributed by atoms with Crippen LogP contribution in [-0.4, -0.2) is 41.0 Å². The van der Waals surface area contributed by atoms with E-state index in [4.69, 9.17) is 0 Å². The Morgan fingerprint density at radius 1 is 1.53 bits per heavy atom. The smallest absolute Gasteiger partial charge is 0.247 e. The van der Waals surface area contributed by atoms with Crippen LogP contribution in [0.25, 0.3) is 11.0 Å². The molecule has 0 fully saturated rings. The van der Waals surface area contributed by atoms with Crippen LogP contribution in [0.1, 0.15) is 0 Å². The van der Waals surface area contributed by atoms with Crippen molar-refractivity contribution in [1.29, 1.82) is 0 Å². The highest BCUT2D eigenvalue weighted by Crippen LogP contribution is 2.18. The normalized spacial score (nSPS) is 10.9. The first-order valence-electron chi connectivity index (χ1n) is 6.13. The minimum atomic E-state index is -0.216. The van der Waals surface area contributed by atoms with Crippen LogP contribution in [0.2, 0.25) is 0 Å². The topological polar surface area (TPSA) is 50.2 Å². The van der Waals surface area contributed by atoms with E-state index >= 15 is 0 Å². The first-order chi connectivity index (χ1) is 9.10. The van der Waals surface area contributed by atoms with Gasteiger partial charge in [0, 0.05) is 18.8 Å². The van der Waals surface area contributed by atoms with Crippen LogP contribution < -0.4 is 5.32 Å². The van der Waals surface area contributed by atoms with Gasteiger partial charge >= 0.3 is 0 Å². The third-order valence-corrected chi connectivity index (χ3v) is 2.86. The number of benzene rings is 1. The summed E-state index contributed by atoms with van der Waals surface area (Å²) in [7, 11) is 4.09. The molecule has 0 aliphatic heterocycles. The van der Waals surface area contributed by atoms with E-state index in [9.17, 15) is 4.79 Å². The zero-order valence-corrected chi connectivity index (χ0v) is 11.3. The maximum absolute atomic E-state index is 11.2. The number of likely N-dealkylation sites (N-methyl/N-ethyl adjacent to an activating group) is 1. The number of imidazole rings is 1. The number of aromatic nitrogens is 2. The number of fused-ring (bicyclic) bond motifs is 1. The molecule has 0 radical (unpaired) electrons. The highest BCUT2D eigenvalue weighted by molar-refractivity contribution is 5.99. The molecular formula is C14H18N4O. The lowest BCUT2D eigenvalue weighted by atomic mass is 10.2. The van der Waals surface area contributed by atoms with E-state index in [1.807, 2.05) is 38.6 Å². The van der Waals surface area contributed by atoms with E-state index in [2.05, 4.69) is 26.3 Å². The van der Waals surface area contributed by atoms with Gasteiger partial charge in [-0.25, -0.2) is 4.98 Å². The Hall–Kier alpha value is -2.14. The molecule has 5 heteroatoms. The van der Waals surface area contributed by atoms with Crippen LogP contribution in [0.4, 0.5) is 5.69 Å². The molecule has 1 amide bonds. The zero-order valence-electron chi connectivity index (χ0n) is 11.3. The maximum atomic E-state index is 11.2. The van der Waals surface area contributed by atoms with Gasteiger partial charge < -0.3 is 14.8 Å². The van der Waals surface area contributed by atoms with Crippen molar-refractivity contribution < 1.29 is 4.79 Å². The van der Waals surface area contributed by atoms with Gasteiger partial charge in [0.1, 0.15) is 0 Å². The number of anilines is 1. The zero-order chi connectivity index (χ0) is 13.8. The number of hydrogen-bond acceptors (Lipinski definition) is 3. The third-order valence-electron chi connectivity index (χ3n) is 2.86. The molecule has 1 N–H and O–H groups in total. The lowest BCUT2D eigenvalue weighted by Crippen LogP contribution is -2.17. The molecule has 0 aliphatic carbocycles. The first kappa shape index (κ1) is 13.3. The monoisotopic (exact) mass is 258 g/mol. The van der Waals surface area contributed by atoms with Gasteiger partial charge in [-0.2, -0.15) is 0 Å². The molecule has 0 atom stereocenters. The van der Waals surface area contributed by atoms with Crippen molar-refractivity contribution >= 4 is 22.6 Å². The van der Waals surface area contributed by atoms with Gasteiger partial charge in [0.05, 0.1) is 17.4 Å². The van der Waals surface area contributed by atoms with E-state index in [0.29, 0.717) is 0 Å². The largest absolute Gasteiger partial charge is 0.329 e. The van der Waals surface area contributed by atoms with Crippen LogP contribution in [0, 0.1) is 0 Å². The second-order valence-electron chi connectivity index (χ2n) is 4.64. The van der Waals surface area contributed by atoms with Crippen molar-refractivity contribution in [1.82, 2.24) is 14.5 Å². The average Bonchev–Trinajstić information content (AvgIpc) is 2.78. The molecule has 0 saturated carbocycles. The Morgan fingerprint density at radius 2 is 2.32 bits per heavy atom. The van der Waals surface area contributed by atoms with E-state index in [1.54, 1.807) is 0 Å². The Labute approximate surface area is 112 Å². The Kier molecular flexibility index (Phi) is 3.97. The van der Waals surface area contributed by atoms with Crippen LogP contribution >= 0.6 is 0 Å². The second kappa shape index (κ2) is 5.67. The number of nitrogens with one attached hydrogen (secondary N) is 1. The first-order valence-corrected chi connectivity index (χ1v) is 6.13. The minimum Gasteiger partial charge on any atom is -0.329 e. The van der Waals surface area contributed by atoms with E-state index < -0.39 is 0 Å². The van der Waals surface area contributed by atoms with Crippen molar-refractivity contribution in [3.8, 4) is 0 Å². The summed E-state index contributed by atoms with van der Waals surface area (Å²) in [6.45, 7) is 5.28. The molecule has 0 bridgehead atoms. The van der Waals surface area contributed by atoms with Gasteiger partial charge in [-0.05, 0) is 38.4 Å². The summed E-state index contributed by atoms with van der Waals surface area (Å²) in [5, 5.41) is 2.73. The molecule has 100 valence electrons. The fourth-order valence-electron chi connectivity index (χ4n) is 1.82. The van der Waals surface area contributed by atoms with Gasteiger partial charge in [0.15, 0.2) is 0 Å². The quantitative estimate of drug-likeness (QED) is 0.831.